The van der Waals surface area contributed by atoms with Crippen LogP contribution in [0.25, 0.3) is 0 Å². The topological polar surface area (TPSA) is 39.1 Å². The van der Waals surface area contributed by atoms with E-state index in [2.05, 4.69) is 29.1 Å². The first kappa shape index (κ1) is 14.7. The molecular weight excluding hydrogens is 258 g/mol. The van der Waals surface area contributed by atoms with Crippen LogP contribution in [0.1, 0.15) is 37.4 Å². The summed E-state index contributed by atoms with van der Waals surface area (Å²) in [6, 6.07) is 0.647. The van der Waals surface area contributed by atoms with E-state index in [1.165, 1.54) is 30.6 Å². The predicted octanol–water partition coefficient (Wildman–Crippen LogP) is 2.50. The summed E-state index contributed by atoms with van der Waals surface area (Å²) in [5.41, 5.74) is 2.25. The Bertz CT molecular complexity index is 419. The third-order valence-corrected chi connectivity index (χ3v) is 5.07. The van der Waals surface area contributed by atoms with Gasteiger partial charge in [0, 0.05) is 24.9 Å². The molecule has 0 radical (unpaired) electrons. The van der Waals surface area contributed by atoms with E-state index in [1.807, 2.05) is 18.7 Å². The maximum Gasteiger partial charge on any atom is 0.216 e. The van der Waals surface area contributed by atoms with Gasteiger partial charge in [-0.25, -0.2) is 4.68 Å². The van der Waals surface area contributed by atoms with Crippen molar-refractivity contribution >= 4 is 11.8 Å². The molecule has 1 heterocycles. The van der Waals surface area contributed by atoms with Gasteiger partial charge < -0.3 is 10.1 Å². The van der Waals surface area contributed by atoms with Gasteiger partial charge in [0.25, 0.3) is 0 Å². The first-order valence-corrected chi connectivity index (χ1v) is 8.12. The Hall–Kier alpha value is -0.680. The van der Waals surface area contributed by atoms with Crippen LogP contribution in [-0.2, 0) is 13.6 Å². The van der Waals surface area contributed by atoms with Crippen molar-refractivity contribution in [3.8, 4) is 5.88 Å². The summed E-state index contributed by atoms with van der Waals surface area (Å²) in [7, 11) is 3.64. The minimum Gasteiger partial charge on any atom is -0.481 e. The summed E-state index contributed by atoms with van der Waals surface area (Å²) in [4.78, 5) is 0. The quantitative estimate of drug-likeness (QED) is 0.870. The van der Waals surface area contributed by atoms with Crippen LogP contribution in [0.5, 0.6) is 5.88 Å². The largest absolute Gasteiger partial charge is 0.481 e. The highest BCUT2D eigenvalue weighted by atomic mass is 32.2. The van der Waals surface area contributed by atoms with Crippen molar-refractivity contribution in [1.82, 2.24) is 15.1 Å². The minimum absolute atomic E-state index is 0.647. The highest BCUT2D eigenvalue weighted by Gasteiger charge is 2.25. The Kier molecular flexibility index (Phi) is 5.16. The van der Waals surface area contributed by atoms with E-state index >= 15 is 0 Å². The van der Waals surface area contributed by atoms with Gasteiger partial charge in [-0.05, 0) is 31.9 Å². The fourth-order valence-corrected chi connectivity index (χ4v) is 4.04. The molecule has 0 spiro atoms. The average Bonchev–Trinajstić information content (AvgIpc) is 2.92. The molecule has 1 fully saturated rings. The fraction of sp³-hybridized carbons (Fsp3) is 0.786. The lowest BCUT2D eigenvalue weighted by atomic mass is 10.2. The summed E-state index contributed by atoms with van der Waals surface area (Å²) in [5.74, 6) is 2.11. The van der Waals surface area contributed by atoms with Crippen LogP contribution in [0.15, 0.2) is 0 Å². The predicted molar refractivity (Wildman–Crippen MR) is 80.9 cm³/mol. The Labute approximate surface area is 120 Å². The lowest BCUT2D eigenvalue weighted by molar-refractivity contribution is 0.366. The van der Waals surface area contributed by atoms with Gasteiger partial charge in [0.2, 0.25) is 5.88 Å². The summed E-state index contributed by atoms with van der Waals surface area (Å²) in [6.45, 7) is 5.15. The van der Waals surface area contributed by atoms with Crippen LogP contribution >= 0.6 is 11.8 Å². The smallest absolute Gasteiger partial charge is 0.216 e. The molecule has 2 rings (SSSR count). The van der Waals surface area contributed by atoms with Crippen molar-refractivity contribution < 1.29 is 4.74 Å². The highest BCUT2D eigenvalue weighted by Crippen LogP contribution is 2.30. The summed E-state index contributed by atoms with van der Waals surface area (Å²) in [6.07, 6.45) is 3.93. The maximum atomic E-state index is 5.43. The second-order valence-corrected chi connectivity index (χ2v) is 6.74. The van der Waals surface area contributed by atoms with Gasteiger partial charge >= 0.3 is 0 Å². The van der Waals surface area contributed by atoms with Crippen LogP contribution in [0.3, 0.4) is 0 Å². The van der Waals surface area contributed by atoms with Crippen LogP contribution in [0, 0.1) is 6.92 Å². The number of thioether (sulfide) groups is 1. The first-order valence-electron chi connectivity index (χ1n) is 7.07. The molecule has 0 bridgehead atoms. The van der Waals surface area contributed by atoms with Gasteiger partial charge in [0.15, 0.2) is 0 Å². The molecule has 1 aliphatic carbocycles. The molecule has 4 nitrogen and oxygen atoms in total. The van der Waals surface area contributed by atoms with Gasteiger partial charge in [-0.3, -0.25) is 0 Å². The average molecular weight is 283 g/mol. The van der Waals surface area contributed by atoms with E-state index in [9.17, 15) is 0 Å². The lowest BCUT2D eigenvalue weighted by Gasteiger charge is -2.13. The standard InChI is InChI=1S/C14H25N3OS/c1-5-19-12-7-6-11(8-12)15-9-13-10(2)16-17(3)14(13)18-4/h11-12,15H,5-9H2,1-4H3/t11-,12-/m1/s1. The molecule has 5 heteroatoms. The van der Waals surface area contributed by atoms with E-state index < -0.39 is 0 Å². The number of hydrogen-bond acceptors (Lipinski definition) is 4. The zero-order valence-corrected chi connectivity index (χ0v) is 13.2. The first-order chi connectivity index (χ1) is 9.15. The summed E-state index contributed by atoms with van der Waals surface area (Å²) < 4.78 is 7.24. The normalized spacial score (nSPS) is 22.9. The van der Waals surface area contributed by atoms with Gasteiger partial charge in [0.1, 0.15) is 0 Å². The van der Waals surface area contributed by atoms with Crippen molar-refractivity contribution in [2.75, 3.05) is 12.9 Å². The van der Waals surface area contributed by atoms with Crippen LogP contribution in [0.2, 0.25) is 0 Å². The van der Waals surface area contributed by atoms with Crippen molar-refractivity contribution in [2.45, 2.75) is 50.9 Å². The van der Waals surface area contributed by atoms with Gasteiger partial charge in [-0.1, -0.05) is 6.92 Å². The van der Waals surface area contributed by atoms with Crippen LogP contribution in [0.4, 0.5) is 0 Å². The van der Waals surface area contributed by atoms with Crippen LogP contribution in [-0.4, -0.2) is 33.9 Å². The van der Waals surface area contributed by atoms with Gasteiger partial charge in [-0.15, -0.1) is 0 Å². The van der Waals surface area contributed by atoms with Crippen molar-refractivity contribution in [3.05, 3.63) is 11.3 Å². The number of rotatable bonds is 6. The molecule has 108 valence electrons. The zero-order chi connectivity index (χ0) is 13.8. The van der Waals surface area contributed by atoms with Gasteiger partial charge in [-0.2, -0.15) is 16.9 Å². The summed E-state index contributed by atoms with van der Waals surface area (Å²) in [5, 5.41) is 8.93. The molecule has 1 aromatic heterocycles. The monoisotopic (exact) mass is 283 g/mol. The van der Waals surface area contributed by atoms with E-state index in [0.717, 1.165) is 23.4 Å². The Morgan fingerprint density at radius 3 is 2.95 bits per heavy atom. The van der Waals surface area contributed by atoms with Crippen molar-refractivity contribution in [2.24, 2.45) is 7.05 Å². The number of hydrogen-bond donors (Lipinski definition) is 1. The third-order valence-electron chi connectivity index (χ3n) is 3.84. The molecule has 0 aliphatic heterocycles. The van der Waals surface area contributed by atoms with E-state index in [-0.39, 0.29) is 0 Å². The number of nitrogens with zero attached hydrogens (tertiary/aromatic N) is 2. The van der Waals surface area contributed by atoms with Gasteiger partial charge in [0.05, 0.1) is 18.4 Å². The molecule has 0 unspecified atom stereocenters. The molecule has 1 aliphatic rings. The number of aromatic nitrogens is 2. The SMILES string of the molecule is CCS[C@@H]1CC[C@@H](NCc2c(C)nn(C)c2OC)C1. The van der Waals surface area contributed by atoms with Crippen LogP contribution < -0.4 is 10.1 Å². The molecule has 2 atom stereocenters. The molecule has 0 amide bonds. The Morgan fingerprint density at radius 2 is 2.26 bits per heavy atom. The molecular formula is C14H25N3OS. The third kappa shape index (κ3) is 3.45. The number of ether oxygens (including phenoxy) is 1. The minimum atomic E-state index is 0.647. The Balaban J connectivity index is 1.89. The second-order valence-electron chi connectivity index (χ2n) is 5.17. The number of nitrogens with one attached hydrogen (secondary N) is 1. The number of aryl methyl sites for hydroxylation is 2. The molecule has 1 saturated carbocycles. The van der Waals surface area contributed by atoms with Crippen molar-refractivity contribution in [1.29, 1.82) is 0 Å². The Morgan fingerprint density at radius 1 is 1.47 bits per heavy atom. The fourth-order valence-electron chi connectivity index (χ4n) is 2.90. The van der Waals surface area contributed by atoms with E-state index in [4.69, 9.17) is 4.74 Å². The molecule has 0 saturated heterocycles. The van der Waals surface area contributed by atoms with E-state index in [0.29, 0.717) is 6.04 Å². The molecule has 0 aromatic carbocycles. The molecule has 19 heavy (non-hydrogen) atoms. The lowest BCUT2D eigenvalue weighted by Crippen LogP contribution is -2.26. The zero-order valence-electron chi connectivity index (χ0n) is 12.4. The molecule has 1 aromatic rings. The number of methoxy groups -OCH3 is 1. The molecule has 1 N–H and O–H groups in total. The highest BCUT2D eigenvalue weighted by molar-refractivity contribution is 7.99. The van der Waals surface area contributed by atoms with E-state index in [1.54, 1.807) is 7.11 Å². The maximum absolute atomic E-state index is 5.43. The summed E-state index contributed by atoms with van der Waals surface area (Å²) >= 11 is 2.10. The second kappa shape index (κ2) is 6.66. The van der Waals surface area contributed by atoms with Crippen molar-refractivity contribution in [3.63, 3.8) is 0 Å².